The number of carbonyl (C=O) groups is 1. The van der Waals surface area contributed by atoms with Crippen molar-refractivity contribution in [1.82, 2.24) is 5.32 Å². The molecule has 0 aliphatic heterocycles. The first-order chi connectivity index (χ1) is 11.4. The number of nitrogens with one attached hydrogen (secondary N) is 1. The second-order valence-electron chi connectivity index (χ2n) is 4.96. The number of nitrogens with two attached hydrogens (primary N) is 1. The molecule has 0 aromatic heterocycles. The number of halogens is 1. The first kappa shape index (κ1) is 19.0. The van der Waals surface area contributed by atoms with Gasteiger partial charge < -0.3 is 5.32 Å². The minimum absolute atomic E-state index is 0.0875. The maximum atomic E-state index is 12.2. The van der Waals surface area contributed by atoms with Crippen molar-refractivity contribution in [2.75, 3.05) is 12.3 Å². The minimum atomic E-state index is -3.84. The van der Waals surface area contributed by atoms with Crippen molar-refractivity contribution < 1.29 is 13.2 Å². The molecule has 0 aliphatic carbocycles. The molecule has 0 saturated carbocycles. The SMILES string of the molecule is NS(=O)(=O)c1ccc(Br)c(C(=O)NCCCSc2ccccc2)c1. The topological polar surface area (TPSA) is 89.3 Å². The molecule has 0 aliphatic rings. The van der Waals surface area contributed by atoms with Crippen LogP contribution in [0.15, 0.2) is 62.8 Å². The van der Waals surface area contributed by atoms with Gasteiger partial charge in [-0.15, -0.1) is 11.8 Å². The molecule has 3 N–H and O–H groups in total. The van der Waals surface area contributed by atoms with Crippen molar-refractivity contribution in [1.29, 1.82) is 0 Å². The largest absolute Gasteiger partial charge is 0.352 e. The van der Waals surface area contributed by atoms with Gasteiger partial charge in [0.2, 0.25) is 10.0 Å². The zero-order valence-electron chi connectivity index (χ0n) is 12.7. The van der Waals surface area contributed by atoms with E-state index in [0.717, 1.165) is 12.2 Å². The molecule has 0 heterocycles. The Morgan fingerprint density at radius 3 is 2.54 bits per heavy atom. The smallest absolute Gasteiger partial charge is 0.252 e. The third kappa shape index (κ3) is 5.62. The van der Waals surface area contributed by atoms with Gasteiger partial charge in [0, 0.05) is 15.9 Å². The highest BCUT2D eigenvalue weighted by molar-refractivity contribution is 9.10. The van der Waals surface area contributed by atoms with Gasteiger partial charge in [0.25, 0.3) is 5.91 Å². The summed E-state index contributed by atoms with van der Waals surface area (Å²) in [6.07, 6.45) is 0.803. The van der Waals surface area contributed by atoms with Crippen LogP contribution in [0.25, 0.3) is 0 Å². The molecule has 2 rings (SSSR count). The van der Waals surface area contributed by atoms with E-state index < -0.39 is 10.0 Å². The van der Waals surface area contributed by atoms with E-state index in [1.54, 1.807) is 11.8 Å². The molecule has 0 atom stereocenters. The van der Waals surface area contributed by atoms with Crippen LogP contribution in [0.1, 0.15) is 16.8 Å². The maximum Gasteiger partial charge on any atom is 0.252 e. The summed E-state index contributed by atoms with van der Waals surface area (Å²) in [5, 5.41) is 7.88. The quantitative estimate of drug-likeness (QED) is 0.523. The van der Waals surface area contributed by atoms with E-state index in [1.807, 2.05) is 30.3 Å². The van der Waals surface area contributed by atoms with Gasteiger partial charge in [-0.1, -0.05) is 18.2 Å². The monoisotopic (exact) mass is 428 g/mol. The first-order valence-electron chi connectivity index (χ1n) is 7.16. The van der Waals surface area contributed by atoms with Gasteiger partial charge >= 0.3 is 0 Å². The van der Waals surface area contributed by atoms with E-state index in [9.17, 15) is 13.2 Å². The summed E-state index contributed by atoms with van der Waals surface area (Å²) in [7, 11) is -3.84. The molecule has 5 nitrogen and oxygen atoms in total. The molecule has 1 amide bonds. The number of benzene rings is 2. The van der Waals surface area contributed by atoms with Gasteiger partial charge in [-0.05, 0) is 58.4 Å². The Balaban J connectivity index is 1.86. The molecule has 128 valence electrons. The van der Waals surface area contributed by atoms with Gasteiger partial charge in [0.05, 0.1) is 10.5 Å². The van der Waals surface area contributed by atoms with Gasteiger partial charge in [-0.25, -0.2) is 13.6 Å². The number of sulfonamides is 1. The van der Waals surface area contributed by atoms with E-state index in [1.165, 1.54) is 23.1 Å². The predicted octanol–water partition coefficient (Wildman–Crippen LogP) is 3.01. The zero-order valence-corrected chi connectivity index (χ0v) is 16.0. The fourth-order valence-corrected chi connectivity index (χ4v) is 3.77. The lowest BCUT2D eigenvalue weighted by molar-refractivity contribution is 0.0953. The number of hydrogen-bond acceptors (Lipinski definition) is 4. The van der Waals surface area contributed by atoms with Crippen LogP contribution in [0.2, 0.25) is 0 Å². The second-order valence-corrected chi connectivity index (χ2v) is 8.54. The predicted molar refractivity (Wildman–Crippen MR) is 99.6 cm³/mol. The lowest BCUT2D eigenvalue weighted by Gasteiger charge is -2.08. The molecule has 8 heteroatoms. The average Bonchev–Trinajstić information content (AvgIpc) is 2.54. The van der Waals surface area contributed by atoms with E-state index >= 15 is 0 Å². The van der Waals surface area contributed by atoms with E-state index in [4.69, 9.17) is 5.14 Å². The Kier molecular flexibility index (Phi) is 6.85. The van der Waals surface area contributed by atoms with Crippen LogP contribution in [0.5, 0.6) is 0 Å². The Labute approximate surface area is 154 Å². The summed E-state index contributed by atoms with van der Waals surface area (Å²) in [6.45, 7) is 0.505. The van der Waals surface area contributed by atoms with Crippen LogP contribution in [0.4, 0.5) is 0 Å². The normalized spacial score (nSPS) is 11.2. The van der Waals surface area contributed by atoms with E-state index in [0.29, 0.717) is 11.0 Å². The molecule has 0 unspecified atom stereocenters. The summed E-state index contributed by atoms with van der Waals surface area (Å²) in [6, 6.07) is 14.1. The van der Waals surface area contributed by atoms with Crippen molar-refractivity contribution in [3.05, 3.63) is 58.6 Å². The van der Waals surface area contributed by atoms with Gasteiger partial charge in [0.1, 0.15) is 0 Å². The standard InChI is InChI=1S/C16H17BrN2O3S2/c17-15-8-7-13(24(18,21)22)11-14(15)16(20)19-9-4-10-23-12-5-2-1-3-6-12/h1-3,5-8,11H,4,9-10H2,(H,19,20)(H2,18,21,22). The number of thioether (sulfide) groups is 1. The van der Waals surface area contributed by atoms with Gasteiger partial charge in [-0.3, -0.25) is 4.79 Å². The van der Waals surface area contributed by atoms with Crippen molar-refractivity contribution in [3.8, 4) is 0 Å². The minimum Gasteiger partial charge on any atom is -0.352 e. The maximum absolute atomic E-state index is 12.2. The molecule has 2 aromatic carbocycles. The Hall–Kier alpha value is -1.35. The fraction of sp³-hybridized carbons (Fsp3) is 0.188. The van der Waals surface area contributed by atoms with Crippen molar-refractivity contribution >= 4 is 43.6 Å². The lowest BCUT2D eigenvalue weighted by Crippen LogP contribution is -2.25. The van der Waals surface area contributed by atoms with Crippen LogP contribution in [0.3, 0.4) is 0 Å². The molecule has 0 bridgehead atoms. The highest BCUT2D eigenvalue weighted by Gasteiger charge is 2.15. The molecule has 0 spiro atoms. The van der Waals surface area contributed by atoms with Crippen LogP contribution in [0, 0.1) is 0 Å². The van der Waals surface area contributed by atoms with Crippen molar-refractivity contribution in [2.24, 2.45) is 5.14 Å². The second kappa shape index (κ2) is 8.66. The first-order valence-corrected chi connectivity index (χ1v) is 10.5. The summed E-state index contributed by atoms with van der Waals surface area (Å²) >= 11 is 4.97. The van der Waals surface area contributed by atoms with Gasteiger partial charge in [0.15, 0.2) is 0 Å². The molecule has 2 aromatic rings. The summed E-state index contributed by atoms with van der Waals surface area (Å²) in [5.41, 5.74) is 0.247. The van der Waals surface area contributed by atoms with Gasteiger partial charge in [-0.2, -0.15) is 0 Å². The lowest BCUT2D eigenvalue weighted by atomic mass is 10.2. The Morgan fingerprint density at radius 2 is 1.88 bits per heavy atom. The summed E-state index contributed by atoms with van der Waals surface area (Å²) in [5.74, 6) is 0.542. The number of rotatable bonds is 7. The molecule has 0 radical (unpaired) electrons. The zero-order chi connectivity index (χ0) is 17.6. The number of amides is 1. The highest BCUT2D eigenvalue weighted by atomic mass is 79.9. The van der Waals surface area contributed by atoms with Crippen molar-refractivity contribution in [3.63, 3.8) is 0 Å². The van der Waals surface area contributed by atoms with Crippen molar-refractivity contribution in [2.45, 2.75) is 16.2 Å². The van der Waals surface area contributed by atoms with Crippen LogP contribution in [-0.4, -0.2) is 26.6 Å². The molecule has 0 fully saturated rings. The summed E-state index contributed by atoms with van der Waals surface area (Å²) < 4.78 is 23.3. The molecule has 24 heavy (non-hydrogen) atoms. The number of hydrogen-bond donors (Lipinski definition) is 2. The third-order valence-electron chi connectivity index (χ3n) is 3.13. The highest BCUT2D eigenvalue weighted by Crippen LogP contribution is 2.21. The molecular weight excluding hydrogens is 412 g/mol. The number of carbonyl (C=O) groups excluding carboxylic acids is 1. The van der Waals surface area contributed by atoms with Crippen LogP contribution >= 0.6 is 27.7 Å². The fourth-order valence-electron chi connectivity index (χ4n) is 1.93. The molecular formula is C16H17BrN2O3S2. The Bertz CT molecular complexity index is 811. The van der Waals surface area contributed by atoms with E-state index in [2.05, 4.69) is 21.2 Å². The van der Waals surface area contributed by atoms with Crippen LogP contribution < -0.4 is 10.5 Å². The Morgan fingerprint density at radius 1 is 1.17 bits per heavy atom. The molecule has 0 saturated heterocycles. The van der Waals surface area contributed by atoms with Crippen LogP contribution in [-0.2, 0) is 10.0 Å². The summed E-state index contributed by atoms with van der Waals surface area (Å²) in [4.78, 5) is 13.3. The number of primary sulfonamides is 1. The average molecular weight is 429 g/mol. The van der Waals surface area contributed by atoms with E-state index in [-0.39, 0.29) is 16.4 Å². The third-order valence-corrected chi connectivity index (χ3v) is 5.83.